The van der Waals surface area contributed by atoms with Crippen molar-refractivity contribution in [2.45, 2.75) is 0 Å². The van der Waals surface area contributed by atoms with Crippen LogP contribution in [0.2, 0.25) is 0 Å². The summed E-state index contributed by atoms with van der Waals surface area (Å²) in [7, 11) is 0. The number of rotatable bonds is 0. The molecule has 0 fully saturated rings. The van der Waals surface area contributed by atoms with Crippen LogP contribution in [0.4, 0.5) is 0 Å². The lowest BCUT2D eigenvalue weighted by molar-refractivity contribution is -0.110. The van der Waals surface area contributed by atoms with Gasteiger partial charge in [0.05, 0.1) is 0 Å². The van der Waals surface area contributed by atoms with E-state index in [1.54, 1.807) is 12.4 Å². The molecule has 0 aromatic heterocycles. The van der Waals surface area contributed by atoms with E-state index in [0.29, 0.717) is 0 Å². The maximum absolute atomic E-state index is 10.4. The van der Waals surface area contributed by atoms with Gasteiger partial charge < -0.3 is 10.9 Å². The summed E-state index contributed by atoms with van der Waals surface area (Å²) in [5.74, 6) is -0.0116. The van der Waals surface area contributed by atoms with Crippen LogP contribution >= 0.6 is 12.4 Å². The molecule has 1 heterocycles. The third-order valence-electron chi connectivity index (χ3n) is 0.745. The monoisotopic (exact) mass is 146 g/mol. The number of halogens is 1. The van der Waals surface area contributed by atoms with Crippen LogP contribution in [0.25, 0.3) is 0 Å². The molecule has 1 aliphatic heterocycles. The van der Waals surface area contributed by atoms with Crippen molar-refractivity contribution in [3.8, 4) is 0 Å². The predicted molar refractivity (Wildman–Crippen MR) is 36.8 cm³/mol. The smallest absolute Gasteiger partial charge is 0.181 e. The van der Waals surface area contributed by atoms with Crippen molar-refractivity contribution in [2.75, 3.05) is 0 Å². The van der Waals surface area contributed by atoms with Gasteiger partial charge in [-0.3, -0.25) is 4.79 Å². The summed E-state index contributed by atoms with van der Waals surface area (Å²) in [5, 5.41) is 0. The number of hydrazine groups is 1. The molecule has 1 aliphatic rings. The molecule has 0 spiro atoms. The molecule has 50 valence electrons. The number of carbonyl (C=O) groups excluding carboxylic acids is 1. The minimum Gasteiger partial charge on any atom is -0.309 e. The Morgan fingerprint density at radius 1 is 1.11 bits per heavy atom. The lowest BCUT2D eigenvalue weighted by Crippen LogP contribution is -2.18. The highest BCUT2D eigenvalue weighted by Crippen LogP contribution is 1.79. The minimum atomic E-state index is -0.0116. The first-order valence-corrected chi connectivity index (χ1v) is 2.28. The van der Waals surface area contributed by atoms with E-state index in [2.05, 4.69) is 10.9 Å². The van der Waals surface area contributed by atoms with Crippen molar-refractivity contribution in [2.24, 2.45) is 0 Å². The van der Waals surface area contributed by atoms with Crippen LogP contribution in [-0.2, 0) is 4.79 Å². The van der Waals surface area contributed by atoms with Gasteiger partial charge in [-0.1, -0.05) is 0 Å². The predicted octanol–water partition coefficient (Wildman–Crippen LogP) is 0.112. The van der Waals surface area contributed by atoms with Crippen LogP contribution in [0.3, 0.4) is 0 Å². The highest BCUT2D eigenvalue weighted by atomic mass is 35.5. The fourth-order valence-corrected chi connectivity index (χ4v) is 0.399. The van der Waals surface area contributed by atoms with Gasteiger partial charge in [-0.2, -0.15) is 0 Å². The van der Waals surface area contributed by atoms with Crippen molar-refractivity contribution in [3.63, 3.8) is 0 Å². The van der Waals surface area contributed by atoms with E-state index in [4.69, 9.17) is 0 Å². The van der Waals surface area contributed by atoms with E-state index in [1.807, 2.05) is 0 Å². The summed E-state index contributed by atoms with van der Waals surface area (Å²) >= 11 is 0. The van der Waals surface area contributed by atoms with E-state index in [1.165, 1.54) is 12.2 Å². The van der Waals surface area contributed by atoms with Crippen LogP contribution in [0.15, 0.2) is 24.6 Å². The number of hydrogen-bond donors (Lipinski definition) is 2. The van der Waals surface area contributed by atoms with E-state index >= 15 is 0 Å². The van der Waals surface area contributed by atoms with Crippen LogP contribution < -0.4 is 10.9 Å². The van der Waals surface area contributed by atoms with E-state index < -0.39 is 0 Å². The van der Waals surface area contributed by atoms with Gasteiger partial charge in [-0.15, -0.1) is 12.4 Å². The molecule has 2 N–H and O–H groups in total. The van der Waals surface area contributed by atoms with Crippen LogP contribution in [-0.4, -0.2) is 5.78 Å². The van der Waals surface area contributed by atoms with Gasteiger partial charge in [-0.05, 0) is 0 Å². The second-order valence-corrected chi connectivity index (χ2v) is 1.36. The standard InChI is InChI=1S/C5H6N2O.ClH/c8-5-1-3-6-7-4-2-5;/h1-4,6-7H;1H. The Morgan fingerprint density at radius 2 is 1.56 bits per heavy atom. The number of hydrogen-bond acceptors (Lipinski definition) is 3. The first kappa shape index (κ1) is 8.04. The van der Waals surface area contributed by atoms with Gasteiger partial charge >= 0.3 is 0 Å². The molecule has 0 radical (unpaired) electrons. The molecule has 0 saturated carbocycles. The van der Waals surface area contributed by atoms with Crippen molar-refractivity contribution in [3.05, 3.63) is 24.6 Å². The lowest BCUT2D eigenvalue weighted by atomic mass is 10.4. The van der Waals surface area contributed by atoms with E-state index in [-0.39, 0.29) is 18.2 Å². The average molecular weight is 147 g/mol. The molecule has 0 aromatic rings. The van der Waals surface area contributed by atoms with E-state index in [0.717, 1.165) is 0 Å². The van der Waals surface area contributed by atoms with Gasteiger partial charge in [0.2, 0.25) is 0 Å². The highest BCUT2D eigenvalue weighted by Gasteiger charge is 1.88. The minimum absolute atomic E-state index is 0. The van der Waals surface area contributed by atoms with Crippen molar-refractivity contribution in [1.82, 2.24) is 10.9 Å². The molecule has 3 nitrogen and oxygen atoms in total. The van der Waals surface area contributed by atoms with Crippen molar-refractivity contribution in [1.29, 1.82) is 0 Å². The Bertz CT molecular complexity index is 137. The number of nitrogens with one attached hydrogen (secondary N) is 2. The summed E-state index contributed by atoms with van der Waals surface area (Å²) in [6, 6.07) is 0. The molecule has 0 bridgehead atoms. The average Bonchev–Trinajstić information content (AvgIpc) is 1.94. The Balaban J connectivity index is 0.000000640. The molecular formula is C5H7ClN2O. The molecule has 0 aliphatic carbocycles. The summed E-state index contributed by atoms with van der Waals surface area (Å²) in [6.07, 6.45) is 5.97. The zero-order valence-corrected chi connectivity index (χ0v) is 5.44. The third-order valence-corrected chi connectivity index (χ3v) is 0.745. The fraction of sp³-hybridized carbons (Fsp3) is 0. The second kappa shape index (κ2) is 3.97. The van der Waals surface area contributed by atoms with Gasteiger partial charge in [0.15, 0.2) is 5.78 Å². The SMILES string of the molecule is Cl.O=C1C=CNNC=C1. The van der Waals surface area contributed by atoms with Gasteiger partial charge in [0, 0.05) is 24.6 Å². The molecule has 4 heteroatoms. The zero-order chi connectivity index (χ0) is 5.82. The molecule has 0 atom stereocenters. The summed E-state index contributed by atoms with van der Waals surface area (Å²) in [6.45, 7) is 0. The van der Waals surface area contributed by atoms with Crippen LogP contribution in [0.5, 0.6) is 0 Å². The Morgan fingerprint density at radius 3 is 2.00 bits per heavy atom. The fourth-order valence-electron chi connectivity index (χ4n) is 0.399. The number of carbonyl (C=O) groups is 1. The topological polar surface area (TPSA) is 41.1 Å². The molecule has 1 rings (SSSR count). The Kier molecular flexibility index (Phi) is 3.55. The van der Waals surface area contributed by atoms with Crippen molar-refractivity contribution >= 4 is 18.2 Å². The molecule has 0 unspecified atom stereocenters. The Hall–Kier alpha value is -0.960. The van der Waals surface area contributed by atoms with Crippen LogP contribution in [0.1, 0.15) is 0 Å². The normalized spacial score (nSPS) is 14.9. The summed E-state index contributed by atoms with van der Waals surface area (Å²) in [4.78, 5) is 10.4. The van der Waals surface area contributed by atoms with Gasteiger partial charge in [0.25, 0.3) is 0 Å². The first-order chi connectivity index (χ1) is 3.89. The van der Waals surface area contributed by atoms with Crippen LogP contribution in [0, 0.1) is 0 Å². The summed E-state index contributed by atoms with van der Waals surface area (Å²) < 4.78 is 0. The highest BCUT2D eigenvalue weighted by molar-refractivity contribution is 5.99. The molecular weight excluding hydrogens is 140 g/mol. The molecule has 0 saturated heterocycles. The quantitative estimate of drug-likeness (QED) is 0.510. The number of allylic oxidation sites excluding steroid dienone is 2. The maximum Gasteiger partial charge on any atom is 0.181 e. The largest absolute Gasteiger partial charge is 0.309 e. The molecule has 0 amide bonds. The summed E-state index contributed by atoms with van der Waals surface area (Å²) in [5.41, 5.74) is 5.28. The van der Waals surface area contributed by atoms with Crippen molar-refractivity contribution < 1.29 is 4.79 Å². The molecule has 0 aromatic carbocycles. The second-order valence-electron chi connectivity index (χ2n) is 1.36. The Labute approximate surface area is 59.2 Å². The molecule has 9 heavy (non-hydrogen) atoms. The lowest BCUT2D eigenvalue weighted by Gasteiger charge is -1.91. The first-order valence-electron chi connectivity index (χ1n) is 2.28. The van der Waals surface area contributed by atoms with Gasteiger partial charge in [-0.25, -0.2) is 0 Å². The van der Waals surface area contributed by atoms with Gasteiger partial charge in [0.1, 0.15) is 0 Å². The third kappa shape index (κ3) is 2.77. The maximum atomic E-state index is 10.4. The number of ketones is 1. The zero-order valence-electron chi connectivity index (χ0n) is 4.63. The van der Waals surface area contributed by atoms with E-state index in [9.17, 15) is 4.79 Å².